The lowest BCUT2D eigenvalue weighted by Gasteiger charge is -2.34. The molecule has 0 saturated carbocycles. The number of rotatable bonds is 4. The largest absolute Gasteiger partial charge is 0.397 e. The van der Waals surface area contributed by atoms with Gasteiger partial charge < -0.3 is 21.1 Å². The summed E-state index contributed by atoms with van der Waals surface area (Å²) < 4.78 is 5.68. The summed E-state index contributed by atoms with van der Waals surface area (Å²) in [7, 11) is 0. The number of nitrogens with zero attached hydrogens (tertiary/aromatic N) is 1. The van der Waals surface area contributed by atoms with Gasteiger partial charge in [0.2, 0.25) is 5.91 Å². The number of nitrogen functional groups attached to an aromatic ring is 1. The average molecular weight is 263 g/mol. The number of primary amides is 1. The monoisotopic (exact) mass is 263 g/mol. The van der Waals surface area contributed by atoms with Crippen molar-refractivity contribution >= 4 is 17.3 Å². The zero-order chi connectivity index (χ0) is 13.8. The standard InChI is InChI=1S/C14H21N3O2/c1-2-19-11-4-3-7-17(9-11)13-6-5-10(14(16)18)8-12(13)15/h5-6,8,11H,2-4,7,9,15H2,1H3,(H2,16,18). The minimum atomic E-state index is -0.455. The molecule has 0 spiro atoms. The van der Waals surface area contributed by atoms with Crippen molar-refractivity contribution in [3.05, 3.63) is 23.8 Å². The van der Waals surface area contributed by atoms with E-state index in [0.717, 1.165) is 38.2 Å². The van der Waals surface area contributed by atoms with E-state index in [1.54, 1.807) is 12.1 Å². The molecule has 5 heteroatoms. The lowest BCUT2D eigenvalue weighted by molar-refractivity contribution is 0.0527. The third-order valence-corrected chi connectivity index (χ3v) is 3.43. The summed E-state index contributed by atoms with van der Waals surface area (Å²) in [5.41, 5.74) is 13.3. The number of nitrogens with two attached hydrogens (primary N) is 2. The van der Waals surface area contributed by atoms with Crippen molar-refractivity contribution in [2.45, 2.75) is 25.9 Å². The van der Waals surface area contributed by atoms with Crippen LogP contribution in [0.1, 0.15) is 30.1 Å². The van der Waals surface area contributed by atoms with Crippen molar-refractivity contribution in [2.75, 3.05) is 30.3 Å². The van der Waals surface area contributed by atoms with Gasteiger partial charge in [0.25, 0.3) is 0 Å². The van der Waals surface area contributed by atoms with Gasteiger partial charge in [0, 0.05) is 25.3 Å². The van der Waals surface area contributed by atoms with Crippen LogP contribution in [-0.2, 0) is 4.74 Å². The molecule has 0 aliphatic carbocycles. The minimum Gasteiger partial charge on any atom is -0.397 e. The van der Waals surface area contributed by atoms with E-state index in [0.29, 0.717) is 11.3 Å². The van der Waals surface area contributed by atoms with Crippen LogP contribution in [0.25, 0.3) is 0 Å². The van der Waals surface area contributed by atoms with Crippen molar-refractivity contribution in [1.29, 1.82) is 0 Å². The second kappa shape index (κ2) is 5.93. The maximum atomic E-state index is 11.1. The molecular formula is C14H21N3O2. The molecule has 1 fully saturated rings. The van der Waals surface area contributed by atoms with Crippen molar-refractivity contribution in [2.24, 2.45) is 5.73 Å². The molecule has 1 saturated heterocycles. The summed E-state index contributed by atoms with van der Waals surface area (Å²) >= 11 is 0. The number of amides is 1. The first-order chi connectivity index (χ1) is 9.11. The highest BCUT2D eigenvalue weighted by Crippen LogP contribution is 2.27. The van der Waals surface area contributed by atoms with Crippen LogP contribution in [0.15, 0.2) is 18.2 Å². The Morgan fingerprint density at radius 3 is 2.95 bits per heavy atom. The smallest absolute Gasteiger partial charge is 0.248 e. The van der Waals surface area contributed by atoms with Crippen molar-refractivity contribution in [3.8, 4) is 0 Å². The molecule has 1 aromatic carbocycles. The van der Waals surface area contributed by atoms with Gasteiger partial charge in [0.15, 0.2) is 0 Å². The van der Waals surface area contributed by atoms with Gasteiger partial charge in [0.1, 0.15) is 0 Å². The molecule has 0 bridgehead atoms. The highest BCUT2D eigenvalue weighted by molar-refractivity contribution is 5.94. The fourth-order valence-electron chi connectivity index (χ4n) is 2.52. The van der Waals surface area contributed by atoms with Gasteiger partial charge in [-0.1, -0.05) is 0 Å². The zero-order valence-corrected chi connectivity index (χ0v) is 11.3. The molecule has 4 N–H and O–H groups in total. The molecule has 2 rings (SSSR count). The lowest BCUT2D eigenvalue weighted by atomic mass is 10.1. The van der Waals surface area contributed by atoms with E-state index in [-0.39, 0.29) is 6.10 Å². The number of anilines is 2. The van der Waals surface area contributed by atoms with Crippen LogP contribution in [0.5, 0.6) is 0 Å². The summed E-state index contributed by atoms with van der Waals surface area (Å²) in [4.78, 5) is 13.3. The van der Waals surface area contributed by atoms with E-state index in [9.17, 15) is 4.79 Å². The predicted octanol–water partition coefficient (Wildman–Crippen LogP) is 1.37. The number of hydrogen-bond acceptors (Lipinski definition) is 4. The van der Waals surface area contributed by atoms with Gasteiger partial charge in [-0.05, 0) is 38.0 Å². The van der Waals surface area contributed by atoms with Crippen LogP contribution in [0.3, 0.4) is 0 Å². The van der Waals surface area contributed by atoms with Crippen molar-refractivity contribution in [1.82, 2.24) is 0 Å². The first kappa shape index (κ1) is 13.7. The van der Waals surface area contributed by atoms with Gasteiger partial charge in [-0.15, -0.1) is 0 Å². The van der Waals surface area contributed by atoms with E-state index >= 15 is 0 Å². The quantitative estimate of drug-likeness (QED) is 0.804. The lowest BCUT2D eigenvalue weighted by Crippen LogP contribution is -2.40. The summed E-state index contributed by atoms with van der Waals surface area (Å²) in [6.07, 6.45) is 2.43. The summed E-state index contributed by atoms with van der Waals surface area (Å²) in [6, 6.07) is 5.23. The van der Waals surface area contributed by atoms with E-state index in [1.807, 2.05) is 13.0 Å². The SMILES string of the molecule is CCOC1CCCN(c2ccc(C(N)=O)cc2N)C1. The Balaban J connectivity index is 2.15. The maximum absolute atomic E-state index is 11.1. The number of carbonyl (C=O) groups is 1. The van der Waals surface area contributed by atoms with E-state index in [4.69, 9.17) is 16.2 Å². The van der Waals surface area contributed by atoms with Crippen molar-refractivity contribution < 1.29 is 9.53 Å². The molecule has 0 aromatic heterocycles. The molecular weight excluding hydrogens is 242 g/mol. The van der Waals surface area contributed by atoms with Crippen LogP contribution >= 0.6 is 0 Å². The Morgan fingerprint density at radius 1 is 1.53 bits per heavy atom. The molecule has 19 heavy (non-hydrogen) atoms. The van der Waals surface area contributed by atoms with Crippen LogP contribution in [-0.4, -0.2) is 31.7 Å². The van der Waals surface area contributed by atoms with Crippen LogP contribution in [0.2, 0.25) is 0 Å². The number of piperidine rings is 1. The highest BCUT2D eigenvalue weighted by atomic mass is 16.5. The Kier molecular flexibility index (Phi) is 4.27. The molecule has 1 amide bonds. The first-order valence-corrected chi connectivity index (χ1v) is 6.67. The third-order valence-electron chi connectivity index (χ3n) is 3.43. The molecule has 1 atom stereocenters. The van der Waals surface area contributed by atoms with E-state index in [2.05, 4.69) is 4.90 Å². The third kappa shape index (κ3) is 3.17. The maximum Gasteiger partial charge on any atom is 0.248 e. The fourth-order valence-corrected chi connectivity index (χ4v) is 2.52. The highest BCUT2D eigenvalue weighted by Gasteiger charge is 2.21. The second-order valence-corrected chi connectivity index (χ2v) is 4.80. The summed E-state index contributed by atoms with van der Waals surface area (Å²) in [5, 5.41) is 0. The molecule has 5 nitrogen and oxygen atoms in total. The number of benzene rings is 1. The number of carbonyl (C=O) groups excluding carboxylic acids is 1. The number of ether oxygens (including phenoxy) is 1. The molecule has 104 valence electrons. The Labute approximate surface area is 113 Å². The zero-order valence-electron chi connectivity index (χ0n) is 11.3. The topological polar surface area (TPSA) is 81.6 Å². The molecule has 0 radical (unpaired) electrons. The van der Waals surface area contributed by atoms with Crippen LogP contribution in [0, 0.1) is 0 Å². The molecule has 1 unspecified atom stereocenters. The fraction of sp³-hybridized carbons (Fsp3) is 0.500. The van der Waals surface area contributed by atoms with Crippen LogP contribution in [0.4, 0.5) is 11.4 Å². The summed E-state index contributed by atoms with van der Waals surface area (Å²) in [5.74, 6) is -0.455. The van der Waals surface area contributed by atoms with Gasteiger partial charge in [-0.25, -0.2) is 0 Å². The van der Waals surface area contributed by atoms with E-state index < -0.39 is 5.91 Å². The Morgan fingerprint density at radius 2 is 2.32 bits per heavy atom. The number of hydrogen-bond donors (Lipinski definition) is 2. The molecule has 1 aliphatic rings. The van der Waals surface area contributed by atoms with Gasteiger partial charge in [-0.2, -0.15) is 0 Å². The predicted molar refractivity (Wildman–Crippen MR) is 76.2 cm³/mol. The Hall–Kier alpha value is -1.75. The first-order valence-electron chi connectivity index (χ1n) is 6.67. The van der Waals surface area contributed by atoms with Crippen molar-refractivity contribution in [3.63, 3.8) is 0 Å². The van der Waals surface area contributed by atoms with Gasteiger partial charge in [0.05, 0.1) is 17.5 Å². The Bertz CT molecular complexity index is 460. The minimum absolute atomic E-state index is 0.258. The van der Waals surface area contributed by atoms with Gasteiger partial charge >= 0.3 is 0 Å². The van der Waals surface area contributed by atoms with Gasteiger partial charge in [-0.3, -0.25) is 4.79 Å². The summed E-state index contributed by atoms with van der Waals surface area (Å²) in [6.45, 7) is 4.54. The molecule has 1 aromatic rings. The molecule has 1 heterocycles. The average Bonchev–Trinajstić information content (AvgIpc) is 2.39. The second-order valence-electron chi connectivity index (χ2n) is 4.80. The molecule has 1 aliphatic heterocycles. The van der Waals surface area contributed by atoms with E-state index in [1.165, 1.54) is 0 Å². The van der Waals surface area contributed by atoms with Crippen LogP contribution < -0.4 is 16.4 Å². The normalized spacial score (nSPS) is 19.4.